The van der Waals surface area contributed by atoms with Crippen molar-refractivity contribution < 1.29 is 0 Å². The Hall–Kier alpha value is -1.79. The lowest BCUT2D eigenvalue weighted by molar-refractivity contribution is 0.355. The molecule has 0 atom stereocenters. The summed E-state index contributed by atoms with van der Waals surface area (Å²) in [5.74, 6) is 1.64. The van der Waals surface area contributed by atoms with E-state index in [1.807, 2.05) is 37.2 Å². The van der Waals surface area contributed by atoms with Gasteiger partial charge in [-0.3, -0.25) is 0 Å². The van der Waals surface area contributed by atoms with Crippen LogP contribution in [-0.2, 0) is 6.42 Å². The molecule has 1 aliphatic rings. The van der Waals surface area contributed by atoms with Crippen molar-refractivity contribution >= 4 is 57.5 Å². The summed E-state index contributed by atoms with van der Waals surface area (Å²) in [4.78, 5) is 11.5. The Kier molecular flexibility index (Phi) is 7.62. The Bertz CT molecular complexity index is 1080. The van der Waals surface area contributed by atoms with E-state index in [1.54, 1.807) is 12.1 Å². The number of para-hydroxylation sites is 1. The Morgan fingerprint density at radius 1 is 0.906 bits per heavy atom. The van der Waals surface area contributed by atoms with Gasteiger partial charge in [0.05, 0.1) is 15.6 Å². The van der Waals surface area contributed by atoms with Crippen LogP contribution < -0.4 is 15.5 Å². The molecule has 0 amide bonds. The van der Waals surface area contributed by atoms with Crippen LogP contribution >= 0.6 is 34.8 Å². The van der Waals surface area contributed by atoms with Gasteiger partial charge in [0.25, 0.3) is 0 Å². The van der Waals surface area contributed by atoms with E-state index in [4.69, 9.17) is 44.8 Å². The highest BCUT2D eigenvalue weighted by Gasteiger charge is 2.22. The number of halogens is 3. The first-order chi connectivity index (χ1) is 15.4. The Labute approximate surface area is 204 Å². The molecule has 1 saturated carbocycles. The molecule has 0 bridgehead atoms. The van der Waals surface area contributed by atoms with Crippen LogP contribution in [-0.4, -0.2) is 42.7 Å². The first-order valence-corrected chi connectivity index (χ1v) is 12.1. The fourth-order valence-electron chi connectivity index (χ4n) is 4.29. The topological polar surface area (TPSA) is 53.1 Å². The quantitative estimate of drug-likeness (QED) is 0.384. The molecule has 0 saturated heterocycles. The molecule has 0 spiro atoms. The minimum atomic E-state index is 0.376. The summed E-state index contributed by atoms with van der Waals surface area (Å²) < 4.78 is 0. The zero-order chi connectivity index (χ0) is 22.7. The van der Waals surface area contributed by atoms with Crippen LogP contribution in [0.4, 0.5) is 11.8 Å². The molecular formula is C24H28Cl3N5. The van der Waals surface area contributed by atoms with Crippen molar-refractivity contribution in [1.82, 2.24) is 15.3 Å². The van der Waals surface area contributed by atoms with Gasteiger partial charge in [-0.15, -0.1) is 0 Å². The van der Waals surface area contributed by atoms with E-state index in [2.05, 4.69) is 16.7 Å². The third-order valence-electron chi connectivity index (χ3n) is 6.01. The molecule has 0 aliphatic heterocycles. The normalized spacial score (nSPS) is 18.7. The van der Waals surface area contributed by atoms with Crippen molar-refractivity contribution in [1.29, 1.82) is 0 Å². The van der Waals surface area contributed by atoms with Crippen LogP contribution in [0.25, 0.3) is 10.9 Å². The largest absolute Gasteiger partial charge is 0.362 e. The summed E-state index contributed by atoms with van der Waals surface area (Å²) in [6, 6.07) is 12.5. The summed E-state index contributed by atoms with van der Waals surface area (Å²) >= 11 is 18.7. The first kappa shape index (κ1) is 23.4. The number of nitrogens with zero attached hydrogens (tertiary/aromatic N) is 3. The number of benzene rings is 2. The highest BCUT2D eigenvalue weighted by atomic mass is 35.5. The molecule has 0 radical (unpaired) electrons. The zero-order valence-electron chi connectivity index (χ0n) is 18.3. The number of nitrogens with one attached hydrogen (secondary N) is 2. The van der Waals surface area contributed by atoms with Crippen LogP contribution in [0.2, 0.25) is 15.1 Å². The second-order valence-corrected chi connectivity index (χ2v) is 9.69. The van der Waals surface area contributed by atoms with Gasteiger partial charge in [-0.05, 0) is 68.5 Å². The van der Waals surface area contributed by atoms with Crippen LogP contribution in [0, 0.1) is 0 Å². The third kappa shape index (κ3) is 5.40. The monoisotopic (exact) mass is 491 g/mol. The highest BCUT2D eigenvalue weighted by molar-refractivity contribution is 6.44. The Morgan fingerprint density at radius 2 is 1.59 bits per heavy atom. The number of anilines is 2. The zero-order valence-corrected chi connectivity index (χ0v) is 20.6. The average molecular weight is 493 g/mol. The van der Waals surface area contributed by atoms with Gasteiger partial charge in [-0.1, -0.05) is 46.9 Å². The molecule has 0 unspecified atom stereocenters. The number of aromatic nitrogens is 2. The summed E-state index contributed by atoms with van der Waals surface area (Å²) in [6.45, 7) is 0.822. The number of fused-ring (bicyclic) bond motifs is 1. The van der Waals surface area contributed by atoms with Crippen molar-refractivity contribution in [3.8, 4) is 0 Å². The standard InChI is InChI=1S/C24H28Cl3N5/c1-32(2)23-18-5-3-4-6-21(18)30-24(31-23)29-16-9-7-15(8-10-16)28-14-13-17-19(25)11-12-20(26)22(17)27/h3-6,11-12,15-16,28H,7-10,13-14H2,1-2H3,(H,29,30,31). The molecule has 4 rings (SSSR count). The molecular weight excluding hydrogens is 465 g/mol. The molecule has 1 fully saturated rings. The van der Waals surface area contributed by atoms with Gasteiger partial charge in [-0.2, -0.15) is 4.98 Å². The van der Waals surface area contributed by atoms with Gasteiger partial charge in [0.15, 0.2) is 0 Å². The van der Waals surface area contributed by atoms with E-state index in [0.717, 1.165) is 60.9 Å². The van der Waals surface area contributed by atoms with Crippen LogP contribution in [0.1, 0.15) is 31.2 Å². The predicted molar refractivity (Wildman–Crippen MR) is 137 cm³/mol. The average Bonchev–Trinajstić information content (AvgIpc) is 2.79. The second kappa shape index (κ2) is 10.4. The fourth-order valence-corrected chi connectivity index (χ4v) is 5.03. The summed E-state index contributed by atoms with van der Waals surface area (Å²) in [6.07, 6.45) is 5.11. The fraction of sp³-hybridized carbons (Fsp3) is 0.417. The second-order valence-electron chi connectivity index (χ2n) is 8.50. The molecule has 1 aliphatic carbocycles. The van der Waals surface area contributed by atoms with Crippen molar-refractivity contribution in [2.24, 2.45) is 0 Å². The van der Waals surface area contributed by atoms with Gasteiger partial charge < -0.3 is 15.5 Å². The Balaban J connectivity index is 1.31. The van der Waals surface area contributed by atoms with E-state index in [9.17, 15) is 0 Å². The third-order valence-corrected chi connectivity index (χ3v) is 7.21. The van der Waals surface area contributed by atoms with Gasteiger partial charge in [0.2, 0.25) is 5.95 Å². The van der Waals surface area contributed by atoms with Gasteiger partial charge >= 0.3 is 0 Å². The van der Waals surface area contributed by atoms with Crippen molar-refractivity contribution in [3.63, 3.8) is 0 Å². The van der Waals surface area contributed by atoms with Crippen LogP contribution in [0.5, 0.6) is 0 Å². The molecule has 1 heterocycles. The minimum absolute atomic E-state index is 0.376. The number of hydrogen-bond acceptors (Lipinski definition) is 5. The summed E-state index contributed by atoms with van der Waals surface area (Å²) in [5.41, 5.74) is 1.87. The lowest BCUT2D eigenvalue weighted by Crippen LogP contribution is -2.38. The van der Waals surface area contributed by atoms with E-state index in [1.165, 1.54) is 0 Å². The first-order valence-electron chi connectivity index (χ1n) is 11.0. The van der Waals surface area contributed by atoms with E-state index in [0.29, 0.717) is 33.1 Å². The number of hydrogen-bond donors (Lipinski definition) is 2. The van der Waals surface area contributed by atoms with Gasteiger partial charge in [0.1, 0.15) is 5.82 Å². The Morgan fingerprint density at radius 3 is 2.34 bits per heavy atom. The molecule has 2 N–H and O–H groups in total. The maximum Gasteiger partial charge on any atom is 0.225 e. The molecule has 170 valence electrons. The van der Waals surface area contributed by atoms with E-state index >= 15 is 0 Å². The van der Waals surface area contributed by atoms with Gasteiger partial charge in [0, 0.05) is 36.6 Å². The maximum absolute atomic E-state index is 6.32. The number of rotatable bonds is 7. The lowest BCUT2D eigenvalue weighted by atomic mass is 9.91. The van der Waals surface area contributed by atoms with E-state index in [-0.39, 0.29) is 0 Å². The van der Waals surface area contributed by atoms with Crippen LogP contribution in [0.15, 0.2) is 36.4 Å². The molecule has 3 aromatic rings. The van der Waals surface area contributed by atoms with E-state index < -0.39 is 0 Å². The smallest absolute Gasteiger partial charge is 0.225 e. The van der Waals surface area contributed by atoms with Gasteiger partial charge in [-0.25, -0.2) is 4.98 Å². The molecule has 2 aromatic carbocycles. The minimum Gasteiger partial charge on any atom is -0.362 e. The molecule has 1 aromatic heterocycles. The molecule has 5 nitrogen and oxygen atoms in total. The summed E-state index contributed by atoms with van der Waals surface area (Å²) in [7, 11) is 4.03. The highest BCUT2D eigenvalue weighted by Crippen LogP contribution is 2.32. The molecule has 8 heteroatoms. The predicted octanol–water partition coefficient (Wildman–Crippen LogP) is 6.21. The molecule has 32 heavy (non-hydrogen) atoms. The maximum atomic E-state index is 6.32. The van der Waals surface area contributed by atoms with Crippen LogP contribution in [0.3, 0.4) is 0 Å². The van der Waals surface area contributed by atoms with Crippen molar-refractivity contribution in [3.05, 3.63) is 57.0 Å². The SMILES string of the molecule is CN(C)c1nc(NC2CCC(NCCc3c(Cl)ccc(Cl)c3Cl)CC2)nc2ccccc12. The summed E-state index contributed by atoms with van der Waals surface area (Å²) in [5, 5.41) is 10.1. The lowest BCUT2D eigenvalue weighted by Gasteiger charge is -2.30. The van der Waals surface area contributed by atoms with Crippen molar-refractivity contribution in [2.45, 2.75) is 44.2 Å². The van der Waals surface area contributed by atoms with Crippen molar-refractivity contribution in [2.75, 3.05) is 30.9 Å².